The lowest BCUT2D eigenvalue weighted by molar-refractivity contribution is -0.121. The molecule has 5 heteroatoms. The molecule has 0 unspecified atom stereocenters. The standard InChI is InChI=1S/C21H20N2O3/c1-15-7-5-6-10-17(15)23-20(24)18(16-8-3-2-4-9-16)19(21(23)25)22-11-13-26-14-12-22/h2-10H,11-14H2,1H3. The fourth-order valence-electron chi connectivity index (χ4n) is 3.50. The van der Waals surface area contributed by atoms with E-state index in [-0.39, 0.29) is 11.8 Å². The van der Waals surface area contributed by atoms with Crippen LogP contribution in [0.25, 0.3) is 5.57 Å². The number of carbonyl (C=O) groups is 2. The largest absolute Gasteiger partial charge is 0.378 e. The van der Waals surface area contributed by atoms with Gasteiger partial charge in [0.05, 0.1) is 24.5 Å². The van der Waals surface area contributed by atoms with E-state index in [2.05, 4.69) is 0 Å². The molecule has 2 heterocycles. The van der Waals surface area contributed by atoms with E-state index in [4.69, 9.17) is 4.74 Å². The number of para-hydroxylation sites is 1. The number of carbonyl (C=O) groups excluding carboxylic acids is 2. The molecule has 2 aromatic carbocycles. The number of benzene rings is 2. The second-order valence-electron chi connectivity index (χ2n) is 6.42. The van der Waals surface area contributed by atoms with Crippen molar-refractivity contribution in [3.63, 3.8) is 0 Å². The van der Waals surface area contributed by atoms with E-state index in [1.165, 1.54) is 4.90 Å². The molecule has 2 aliphatic rings. The molecule has 1 fully saturated rings. The van der Waals surface area contributed by atoms with Crippen molar-refractivity contribution >= 4 is 23.1 Å². The first-order chi connectivity index (χ1) is 12.7. The Hall–Kier alpha value is -2.92. The van der Waals surface area contributed by atoms with Crippen LogP contribution in [0, 0.1) is 6.92 Å². The van der Waals surface area contributed by atoms with Gasteiger partial charge in [-0.1, -0.05) is 48.5 Å². The SMILES string of the molecule is Cc1ccccc1N1C(=O)C(c2ccccc2)=C(N2CCOCC2)C1=O. The fraction of sp³-hybridized carbons (Fsp3) is 0.238. The van der Waals surface area contributed by atoms with Crippen molar-refractivity contribution in [2.24, 2.45) is 0 Å². The Morgan fingerprint density at radius 3 is 2.19 bits per heavy atom. The number of nitrogens with zero attached hydrogens (tertiary/aromatic N) is 2. The summed E-state index contributed by atoms with van der Waals surface area (Å²) < 4.78 is 5.42. The van der Waals surface area contributed by atoms with Gasteiger partial charge < -0.3 is 9.64 Å². The number of morpholine rings is 1. The Labute approximate surface area is 152 Å². The fourth-order valence-corrected chi connectivity index (χ4v) is 3.50. The lowest BCUT2D eigenvalue weighted by Crippen LogP contribution is -2.40. The number of ether oxygens (including phenoxy) is 1. The summed E-state index contributed by atoms with van der Waals surface area (Å²) in [6.45, 7) is 4.22. The average Bonchev–Trinajstić information content (AvgIpc) is 2.94. The average molecular weight is 348 g/mol. The van der Waals surface area contributed by atoms with Gasteiger partial charge in [0.2, 0.25) is 0 Å². The molecule has 5 nitrogen and oxygen atoms in total. The third kappa shape index (κ3) is 2.70. The van der Waals surface area contributed by atoms with Crippen LogP contribution in [0.4, 0.5) is 5.69 Å². The minimum absolute atomic E-state index is 0.259. The minimum Gasteiger partial charge on any atom is -0.378 e. The van der Waals surface area contributed by atoms with E-state index in [0.717, 1.165) is 11.1 Å². The third-order valence-corrected chi connectivity index (χ3v) is 4.81. The first-order valence-electron chi connectivity index (χ1n) is 8.75. The van der Waals surface area contributed by atoms with Crippen molar-refractivity contribution in [1.82, 2.24) is 4.90 Å². The summed E-state index contributed by atoms with van der Waals surface area (Å²) >= 11 is 0. The predicted molar refractivity (Wildman–Crippen MR) is 99.4 cm³/mol. The van der Waals surface area contributed by atoms with Crippen LogP contribution in [0.1, 0.15) is 11.1 Å². The second-order valence-corrected chi connectivity index (χ2v) is 6.42. The van der Waals surface area contributed by atoms with Crippen molar-refractivity contribution in [3.05, 3.63) is 71.4 Å². The maximum Gasteiger partial charge on any atom is 0.282 e. The van der Waals surface area contributed by atoms with Crippen LogP contribution in [-0.4, -0.2) is 43.0 Å². The number of anilines is 1. The van der Waals surface area contributed by atoms with Crippen molar-refractivity contribution in [3.8, 4) is 0 Å². The highest BCUT2D eigenvalue weighted by Gasteiger charge is 2.43. The number of imide groups is 1. The summed E-state index contributed by atoms with van der Waals surface area (Å²) in [7, 11) is 0. The molecular formula is C21H20N2O3. The van der Waals surface area contributed by atoms with Gasteiger partial charge in [-0.3, -0.25) is 9.59 Å². The lowest BCUT2D eigenvalue weighted by Gasteiger charge is -2.29. The van der Waals surface area contributed by atoms with E-state index < -0.39 is 0 Å². The van der Waals surface area contributed by atoms with E-state index in [9.17, 15) is 9.59 Å². The number of aryl methyl sites for hydroxylation is 1. The maximum absolute atomic E-state index is 13.3. The van der Waals surface area contributed by atoms with Gasteiger partial charge >= 0.3 is 0 Å². The zero-order chi connectivity index (χ0) is 18.1. The summed E-state index contributed by atoms with van der Waals surface area (Å²) in [5.41, 5.74) is 3.25. The Balaban J connectivity index is 1.84. The zero-order valence-electron chi connectivity index (χ0n) is 14.6. The summed E-state index contributed by atoms with van der Waals surface area (Å²) in [6, 6.07) is 16.9. The Kier molecular flexibility index (Phi) is 4.31. The molecule has 0 saturated carbocycles. The maximum atomic E-state index is 13.3. The molecule has 132 valence electrons. The molecule has 0 aliphatic carbocycles. The van der Waals surface area contributed by atoms with Gasteiger partial charge in [-0.15, -0.1) is 0 Å². The topological polar surface area (TPSA) is 49.9 Å². The summed E-state index contributed by atoms with van der Waals surface area (Å²) in [5, 5.41) is 0. The summed E-state index contributed by atoms with van der Waals surface area (Å²) in [5.74, 6) is -0.526. The molecule has 0 bridgehead atoms. The Morgan fingerprint density at radius 2 is 1.50 bits per heavy atom. The minimum atomic E-state index is -0.267. The predicted octanol–water partition coefficient (Wildman–Crippen LogP) is 2.61. The highest BCUT2D eigenvalue weighted by molar-refractivity contribution is 6.45. The van der Waals surface area contributed by atoms with Crippen LogP contribution in [-0.2, 0) is 14.3 Å². The Morgan fingerprint density at radius 1 is 0.846 bits per heavy atom. The monoisotopic (exact) mass is 348 g/mol. The van der Waals surface area contributed by atoms with Crippen molar-refractivity contribution in [2.75, 3.05) is 31.2 Å². The van der Waals surface area contributed by atoms with Crippen LogP contribution < -0.4 is 4.90 Å². The lowest BCUT2D eigenvalue weighted by atomic mass is 10.0. The smallest absolute Gasteiger partial charge is 0.282 e. The van der Waals surface area contributed by atoms with Gasteiger partial charge in [-0.05, 0) is 24.1 Å². The molecule has 26 heavy (non-hydrogen) atoms. The van der Waals surface area contributed by atoms with E-state index in [1.54, 1.807) is 0 Å². The molecule has 4 rings (SSSR count). The number of amides is 2. The van der Waals surface area contributed by atoms with Gasteiger partial charge in [-0.25, -0.2) is 4.90 Å². The molecule has 1 saturated heterocycles. The van der Waals surface area contributed by atoms with Crippen molar-refractivity contribution in [1.29, 1.82) is 0 Å². The summed E-state index contributed by atoms with van der Waals surface area (Å²) in [6.07, 6.45) is 0. The molecule has 0 aromatic heterocycles. The van der Waals surface area contributed by atoms with Gasteiger partial charge in [-0.2, -0.15) is 0 Å². The normalized spacial score (nSPS) is 18.0. The molecule has 0 radical (unpaired) electrons. The van der Waals surface area contributed by atoms with Crippen molar-refractivity contribution in [2.45, 2.75) is 6.92 Å². The van der Waals surface area contributed by atoms with Crippen molar-refractivity contribution < 1.29 is 14.3 Å². The van der Waals surface area contributed by atoms with Gasteiger partial charge in [0.1, 0.15) is 5.70 Å². The number of hydrogen-bond donors (Lipinski definition) is 0. The molecule has 2 aliphatic heterocycles. The molecule has 0 atom stereocenters. The van der Waals surface area contributed by atoms with Gasteiger partial charge in [0.15, 0.2) is 0 Å². The first-order valence-corrected chi connectivity index (χ1v) is 8.75. The zero-order valence-corrected chi connectivity index (χ0v) is 14.6. The number of rotatable bonds is 3. The molecule has 0 N–H and O–H groups in total. The van der Waals surface area contributed by atoms with E-state index in [0.29, 0.717) is 43.3 Å². The number of hydrogen-bond acceptors (Lipinski definition) is 4. The second kappa shape index (κ2) is 6.77. The van der Waals surface area contributed by atoms with Crippen LogP contribution in [0.5, 0.6) is 0 Å². The van der Waals surface area contributed by atoms with Crippen LogP contribution in [0.15, 0.2) is 60.3 Å². The van der Waals surface area contributed by atoms with Crippen LogP contribution >= 0.6 is 0 Å². The molecule has 2 aromatic rings. The molecular weight excluding hydrogens is 328 g/mol. The van der Waals surface area contributed by atoms with E-state index in [1.807, 2.05) is 66.4 Å². The third-order valence-electron chi connectivity index (χ3n) is 4.81. The highest BCUT2D eigenvalue weighted by atomic mass is 16.5. The van der Waals surface area contributed by atoms with Gasteiger partial charge in [0.25, 0.3) is 11.8 Å². The highest BCUT2D eigenvalue weighted by Crippen LogP contribution is 2.36. The Bertz CT molecular complexity index is 883. The first kappa shape index (κ1) is 16.5. The molecule has 0 spiro atoms. The van der Waals surface area contributed by atoms with E-state index >= 15 is 0 Å². The van der Waals surface area contributed by atoms with Crippen LogP contribution in [0.2, 0.25) is 0 Å². The summed E-state index contributed by atoms with van der Waals surface area (Å²) in [4.78, 5) is 29.9. The molecule has 2 amide bonds. The van der Waals surface area contributed by atoms with Crippen LogP contribution in [0.3, 0.4) is 0 Å². The quantitative estimate of drug-likeness (QED) is 0.800. The van der Waals surface area contributed by atoms with Gasteiger partial charge in [0, 0.05) is 13.1 Å².